The summed E-state index contributed by atoms with van der Waals surface area (Å²) in [5, 5.41) is 11.3. The fraction of sp³-hybridized carbons (Fsp3) is 0.548. The lowest BCUT2D eigenvalue weighted by molar-refractivity contribution is -0.262. The van der Waals surface area contributed by atoms with Crippen LogP contribution in [0.25, 0.3) is 0 Å². The number of halogens is 4. The number of amides is 2. The second-order valence-corrected chi connectivity index (χ2v) is 11.8. The molecule has 2 saturated heterocycles. The third-order valence-electron chi connectivity index (χ3n) is 8.42. The van der Waals surface area contributed by atoms with E-state index in [-0.39, 0.29) is 31.4 Å². The highest BCUT2D eigenvalue weighted by Gasteiger charge is 2.62. The molecule has 2 aromatic rings. The standard InChI is InChI=1S/C31H39ClF3N3O4/c1-4-42-25-7-5-6-23(19-25)30(41,31(33,34)35)29(40)38-16-12-22(13-17-38)18-21-10-14-37(15-11-21)24-8-9-26(27(32)20-24)28(39)36(2)3/h5-9,19-22,41H,4,10-18H2,1-3H3. The van der Waals surface area contributed by atoms with Gasteiger partial charge in [0.05, 0.1) is 17.2 Å². The average Bonchev–Trinajstić information content (AvgIpc) is 2.96. The number of ether oxygens (including phenoxy) is 1. The lowest BCUT2D eigenvalue weighted by Crippen LogP contribution is -2.57. The van der Waals surface area contributed by atoms with Crippen LogP contribution < -0.4 is 9.64 Å². The number of rotatable bonds is 8. The minimum atomic E-state index is -5.19. The maximum atomic E-state index is 14.2. The molecule has 2 amide bonds. The highest BCUT2D eigenvalue weighted by Crippen LogP contribution is 2.42. The van der Waals surface area contributed by atoms with Crippen molar-refractivity contribution < 1.29 is 32.6 Å². The number of nitrogens with zero attached hydrogens (tertiary/aromatic N) is 3. The molecule has 0 spiro atoms. The van der Waals surface area contributed by atoms with Crippen molar-refractivity contribution in [3.63, 3.8) is 0 Å². The second-order valence-electron chi connectivity index (χ2n) is 11.4. The van der Waals surface area contributed by atoms with Crippen LogP contribution in [0.2, 0.25) is 5.02 Å². The highest BCUT2D eigenvalue weighted by atomic mass is 35.5. The number of carbonyl (C=O) groups is 2. The minimum absolute atomic E-state index is 0.142. The molecule has 2 heterocycles. The molecule has 1 atom stereocenters. The van der Waals surface area contributed by atoms with Crippen molar-refractivity contribution in [2.75, 3.05) is 51.8 Å². The first-order chi connectivity index (χ1) is 19.8. The van der Waals surface area contributed by atoms with Crippen LogP contribution in [0.3, 0.4) is 0 Å². The number of hydrogen-bond donors (Lipinski definition) is 1. The Labute approximate surface area is 250 Å². The molecule has 2 aromatic carbocycles. The first-order valence-corrected chi connectivity index (χ1v) is 14.8. The summed E-state index contributed by atoms with van der Waals surface area (Å²) in [4.78, 5) is 30.4. The number of benzene rings is 2. The van der Waals surface area contributed by atoms with Crippen LogP contribution in [0.5, 0.6) is 5.75 Å². The molecule has 0 bridgehead atoms. The summed E-state index contributed by atoms with van der Waals surface area (Å²) in [5.41, 5.74) is -2.73. The van der Waals surface area contributed by atoms with Gasteiger partial charge in [-0.15, -0.1) is 0 Å². The van der Waals surface area contributed by atoms with Gasteiger partial charge in [-0.05, 0) is 81.2 Å². The normalized spacial score (nSPS) is 18.5. The summed E-state index contributed by atoms with van der Waals surface area (Å²) >= 11 is 6.40. The minimum Gasteiger partial charge on any atom is -0.494 e. The number of piperidine rings is 2. The largest absolute Gasteiger partial charge is 0.494 e. The predicted octanol–water partition coefficient (Wildman–Crippen LogP) is 5.74. The molecular formula is C31H39ClF3N3O4. The van der Waals surface area contributed by atoms with Crippen LogP contribution in [0.15, 0.2) is 42.5 Å². The molecule has 0 aliphatic carbocycles. The SMILES string of the molecule is CCOc1cccc(C(O)(C(=O)N2CCC(CC3CCN(c4ccc(C(=O)N(C)C)c(Cl)c4)CC3)CC2)C(F)(F)F)c1. The quantitative estimate of drug-likeness (QED) is 0.414. The van der Waals surface area contributed by atoms with Crippen LogP contribution in [0.1, 0.15) is 54.9 Å². The molecule has 1 unspecified atom stereocenters. The van der Waals surface area contributed by atoms with Crippen LogP contribution in [0, 0.1) is 11.8 Å². The Hall–Kier alpha value is -2.98. The summed E-state index contributed by atoms with van der Waals surface area (Å²) in [7, 11) is 3.37. The van der Waals surface area contributed by atoms with E-state index in [9.17, 15) is 27.9 Å². The predicted molar refractivity (Wildman–Crippen MR) is 156 cm³/mol. The topological polar surface area (TPSA) is 73.3 Å². The zero-order valence-corrected chi connectivity index (χ0v) is 25.0. The van der Waals surface area contributed by atoms with E-state index < -0.39 is 23.2 Å². The first-order valence-electron chi connectivity index (χ1n) is 14.4. The van der Waals surface area contributed by atoms with Gasteiger partial charge in [0.1, 0.15) is 5.75 Å². The fourth-order valence-corrected chi connectivity index (χ4v) is 6.26. The van der Waals surface area contributed by atoms with Crippen LogP contribution in [0.4, 0.5) is 18.9 Å². The van der Waals surface area contributed by atoms with Crippen molar-refractivity contribution in [3.8, 4) is 5.75 Å². The summed E-state index contributed by atoms with van der Waals surface area (Å²) < 4.78 is 47.9. The van der Waals surface area contributed by atoms with E-state index in [4.69, 9.17) is 16.3 Å². The summed E-state index contributed by atoms with van der Waals surface area (Å²) in [6, 6.07) is 10.5. The Morgan fingerprint density at radius 2 is 1.62 bits per heavy atom. The lowest BCUT2D eigenvalue weighted by Gasteiger charge is -2.40. The van der Waals surface area contributed by atoms with Crippen molar-refractivity contribution >= 4 is 29.1 Å². The van der Waals surface area contributed by atoms with Gasteiger partial charge in [-0.25, -0.2) is 0 Å². The van der Waals surface area contributed by atoms with E-state index in [1.807, 2.05) is 12.1 Å². The molecule has 11 heteroatoms. The van der Waals surface area contributed by atoms with E-state index in [1.54, 1.807) is 27.1 Å². The third-order valence-corrected chi connectivity index (χ3v) is 8.73. The highest BCUT2D eigenvalue weighted by molar-refractivity contribution is 6.34. The zero-order valence-electron chi connectivity index (χ0n) is 24.3. The van der Waals surface area contributed by atoms with Gasteiger partial charge in [-0.1, -0.05) is 23.7 Å². The number of hydrogen-bond acceptors (Lipinski definition) is 5. The molecule has 7 nitrogen and oxygen atoms in total. The molecule has 2 aliphatic heterocycles. The Balaban J connectivity index is 1.31. The van der Waals surface area contributed by atoms with Crippen molar-refractivity contribution in [3.05, 3.63) is 58.6 Å². The molecular weight excluding hydrogens is 571 g/mol. The van der Waals surface area contributed by atoms with Gasteiger partial charge in [-0.3, -0.25) is 9.59 Å². The number of aliphatic hydroxyl groups is 1. The molecule has 0 radical (unpaired) electrons. The van der Waals surface area contributed by atoms with Crippen LogP contribution in [-0.2, 0) is 10.4 Å². The second kappa shape index (κ2) is 13.1. The lowest BCUT2D eigenvalue weighted by atomic mass is 9.82. The Morgan fingerprint density at radius 1 is 1.00 bits per heavy atom. The van der Waals surface area contributed by atoms with Gasteiger partial charge in [0.15, 0.2) is 0 Å². The van der Waals surface area contributed by atoms with E-state index in [0.717, 1.165) is 55.1 Å². The molecule has 2 fully saturated rings. The van der Waals surface area contributed by atoms with Gasteiger partial charge >= 0.3 is 6.18 Å². The van der Waals surface area contributed by atoms with Gasteiger partial charge in [-0.2, -0.15) is 13.2 Å². The third kappa shape index (κ3) is 6.80. The van der Waals surface area contributed by atoms with Crippen LogP contribution >= 0.6 is 11.6 Å². The average molecular weight is 610 g/mol. The maximum Gasteiger partial charge on any atom is 0.430 e. The fourth-order valence-electron chi connectivity index (χ4n) is 6.00. The summed E-state index contributed by atoms with van der Waals surface area (Å²) in [6.07, 6.45) is -1.11. The zero-order chi connectivity index (χ0) is 30.7. The number of anilines is 1. The molecule has 0 aromatic heterocycles. The number of carbonyl (C=O) groups excluding carboxylic acids is 2. The molecule has 4 rings (SSSR count). The number of alkyl halides is 3. The van der Waals surface area contributed by atoms with Crippen molar-refractivity contribution in [1.29, 1.82) is 0 Å². The smallest absolute Gasteiger partial charge is 0.430 e. The van der Waals surface area contributed by atoms with Crippen molar-refractivity contribution in [1.82, 2.24) is 9.80 Å². The van der Waals surface area contributed by atoms with E-state index >= 15 is 0 Å². The molecule has 2 aliphatic rings. The molecule has 42 heavy (non-hydrogen) atoms. The Bertz CT molecular complexity index is 1260. The molecule has 1 N–H and O–H groups in total. The first kappa shape index (κ1) is 31.9. The molecule has 0 saturated carbocycles. The van der Waals surface area contributed by atoms with Gasteiger partial charge in [0, 0.05) is 51.5 Å². The Kier molecular flexibility index (Phi) is 9.98. The van der Waals surface area contributed by atoms with Gasteiger partial charge < -0.3 is 24.5 Å². The monoisotopic (exact) mass is 609 g/mol. The van der Waals surface area contributed by atoms with Crippen molar-refractivity contribution in [2.45, 2.75) is 50.8 Å². The summed E-state index contributed by atoms with van der Waals surface area (Å²) in [5.74, 6) is -0.539. The molecule has 230 valence electrons. The van der Waals surface area contributed by atoms with E-state index in [1.165, 1.54) is 17.0 Å². The Morgan fingerprint density at radius 3 is 2.17 bits per heavy atom. The van der Waals surface area contributed by atoms with E-state index in [2.05, 4.69) is 4.90 Å². The van der Waals surface area contributed by atoms with Gasteiger partial charge in [0.2, 0.25) is 0 Å². The van der Waals surface area contributed by atoms with E-state index in [0.29, 0.717) is 35.3 Å². The maximum absolute atomic E-state index is 14.2. The van der Waals surface area contributed by atoms with Gasteiger partial charge in [0.25, 0.3) is 17.4 Å². The summed E-state index contributed by atoms with van der Waals surface area (Å²) in [6.45, 7) is 3.98. The number of likely N-dealkylation sites (tertiary alicyclic amines) is 1. The van der Waals surface area contributed by atoms with Crippen LogP contribution in [-0.4, -0.2) is 79.8 Å². The van der Waals surface area contributed by atoms with Crippen molar-refractivity contribution in [2.24, 2.45) is 11.8 Å².